The van der Waals surface area contributed by atoms with Gasteiger partial charge in [0.15, 0.2) is 11.5 Å². The molecule has 3 rings (SSSR count). The minimum Gasteiger partial charge on any atom is -0.493 e. The molecule has 196 valence electrons. The summed E-state index contributed by atoms with van der Waals surface area (Å²) in [4.78, 5) is 26.5. The maximum absolute atomic E-state index is 13.2. The van der Waals surface area contributed by atoms with Gasteiger partial charge in [0.1, 0.15) is 6.04 Å². The first-order valence-corrected chi connectivity index (χ1v) is 13.5. The fourth-order valence-corrected chi connectivity index (χ4v) is 5.56. The molecule has 1 atom stereocenters. The third kappa shape index (κ3) is 6.55. The summed E-state index contributed by atoms with van der Waals surface area (Å²) in [5.41, 5.74) is 2.48. The maximum Gasteiger partial charge on any atom is 0.241 e. The number of anilines is 1. The van der Waals surface area contributed by atoms with Crippen LogP contribution in [0.5, 0.6) is 11.5 Å². The van der Waals surface area contributed by atoms with E-state index in [2.05, 4.69) is 10.0 Å². The number of carbonyl (C=O) groups is 2. The largest absolute Gasteiger partial charge is 0.493 e. The van der Waals surface area contributed by atoms with Crippen LogP contribution in [0.2, 0.25) is 0 Å². The van der Waals surface area contributed by atoms with Crippen LogP contribution in [0.4, 0.5) is 5.69 Å². The Kier molecular flexibility index (Phi) is 8.97. The summed E-state index contributed by atoms with van der Waals surface area (Å²) in [5, 5.41) is 2.85. The number of carbonyl (C=O) groups excluding carboxylic acids is 2. The molecule has 0 radical (unpaired) electrons. The van der Waals surface area contributed by atoms with Crippen LogP contribution in [0.25, 0.3) is 0 Å². The van der Waals surface area contributed by atoms with E-state index in [1.807, 2.05) is 26.0 Å². The predicted molar refractivity (Wildman–Crippen MR) is 138 cm³/mol. The average molecular weight is 518 g/mol. The van der Waals surface area contributed by atoms with Crippen molar-refractivity contribution in [2.75, 3.05) is 32.2 Å². The normalized spacial score (nSPS) is 13.9. The summed E-state index contributed by atoms with van der Waals surface area (Å²) >= 11 is 0. The van der Waals surface area contributed by atoms with Crippen molar-refractivity contribution in [3.05, 3.63) is 47.5 Å². The molecule has 36 heavy (non-hydrogen) atoms. The Hall–Kier alpha value is -3.11. The lowest BCUT2D eigenvalue weighted by Crippen LogP contribution is -2.47. The van der Waals surface area contributed by atoms with Gasteiger partial charge >= 0.3 is 0 Å². The Bertz CT molecular complexity index is 1210. The number of sulfonamides is 1. The molecule has 0 spiro atoms. The van der Waals surface area contributed by atoms with Gasteiger partial charge in [0.25, 0.3) is 0 Å². The van der Waals surface area contributed by atoms with E-state index in [-0.39, 0.29) is 22.6 Å². The van der Waals surface area contributed by atoms with E-state index in [1.54, 1.807) is 37.3 Å². The van der Waals surface area contributed by atoms with E-state index in [4.69, 9.17) is 9.47 Å². The van der Waals surface area contributed by atoms with Crippen LogP contribution < -0.4 is 24.4 Å². The van der Waals surface area contributed by atoms with E-state index in [9.17, 15) is 18.0 Å². The first kappa shape index (κ1) is 27.5. The lowest BCUT2D eigenvalue weighted by atomic mass is 10.0. The summed E-state index contributed by atoms with van der Waals surface area (Å²) in [5.74, 6) is 0.865. The molecule has 10 heteroatoms. The molecule has 0 bridgehead atoms. The van der Waals surface area contributed by atoms with Gasteiger partial charge in [0, 0.05) is 25.7 Å². The lowest BCUT2D eigenvalue weighted by Gasteiger charge is -2.21. The van der Waals surface area contributed by atoms with Crippen molar-refractivity contribution in [1.82, 2.24) is 10.0 Å². The van der Waals surface area contributed by atoms with Crippen LogP contribution in [0.1, 0.15) is 38.3 Å². The zero-order valence-corrected chi connectivity index (χ0v) is 22.3. The first-order valence-electron chi connectivity index (χ1n) is 12.0. The van der Waals surface area contributed by atoms with Gasteiger partial charge in [0.2, 0.25) is 21.8 Å². The standard InChI is InChI=1S/C26H35N3O6S/c1-17(2)14-22(26(31)27-12-10-19-6-9-24(34-4)25(15-19)35-5)28-36(32,33)21-7-8-23-20(16-21)11-13-29(23)18(3)30/h6-9,15-17,22,28H,10-14H2,1-5H3,(H,27,31). The smallest absolute Gasteiger partial charge is 0.241 e. The first-order chi connectivity index (χ1) is 17.1. The second-order valence-electron chi connectivity index (χ2n) is 9.24. The molecule has 2 amide bonds. The van der Waals surface area contributed by atoms with Gasteiger partial charge in [-0.25, -0.2) is 8.42 Å². The molecule has 1 heterocycles. The fourth-order valence-electron chi connectivity index (χ4n) is 4.30. The van der Waals surface area contributed by atoms with Crippen molar-refractivity contribution < 1.29 is 27.5 Å². The number of hydrogen-bond donors (Lipinski definition) is 2. The molecule has 2 aromatic carbocycles. The molecule has 0 aliphatic carbocycles. The SMILES string of the molecule is COc1ccc(CCNC(=O)C(CC(C)C)NS(=O)(=O)c2ccc3c(c2)CCN3C(C)=O)cc1OC. The van der Waals surface area contributed by atoms with Crippen LogP contribution >= 0.6 is 0 Å². The van der Waals surface area contributed by atoms with Crippen LogP contribution in [0.15, 0.2) is 41.3 Å². The third-order valence-corrected chi connectivity index (χ3v) is 7.59. The molecule has 1 aliphatic rings. The molecule has 1 aliphatic heterocycles. The highest BCUT2D eigenvalue weighted by atomic mass is 32.2. The van der Waals surface area contributed by atoms with Crippen LogP contribution in [0.3, 0.4) is 0 Å². The summed E-state index contributed by atoms with van der Waals surface area (Å²) in [6.07, 6.45) is 1.49. The van der Waals surface area contributed by atoms with Crippen molar-refractivity contribution in [1.29, 1.82) is 0 Å². The molecule has 0 aromatic heterocycles. The number of methoxy groups -OCH3 is 2. The number of rotatable bonds is 11. The molecule has 9 nitrogen and oxygen atoms in total. The number of nitrogens with zero attached hydrogens (tertiary/aromatic N) is 1. The topological polar surface area (TPSA) is 114 Å². The number of hydrogen-bond acceptors (Lipinski definition) is 6. The van der Waals surface area contributed by atoms with E-state index in [0.29, 0.717) is 43.9 Å². The van der Waals surface area contributed by atoms with Crippen molar-refractivity contribution >= 4 is 27.5 Å². The molecule has 2 N–H and O–H groups in total. The maximum atomic E-state index is 13.2. The summed E-state index contributed by atoms with van der Waals surface area (Å²) in [6, 6.07) is 9.34. The Morgan fingerprint density at radius 1 is 1.06 bits per heavy atom. The molecular formula is C26H35N3O6S. The second kappa shape index (κ2) is 11.7. The molecule has 0 saturated heterocycles. The summed E-state index contributed by atoms with van der Waals surface area (Å²) < 4.78 is 39.5. The Morgan fingerprint density at radius 2 is 1.78 bits per heavy atom. The highest BCUT2D eigenvalue weighted by molar-refractivity contribution is 7.89. The molecule has 1 unspecified atom stereocenters. The number of amides is 2. The predicted octanol–water partition coefficient (Wildman–Crippen LogP) is 2.66. The van der Waals surface area contributed by atoms with Gasteiger partial charge in [-0.15, -0.1) is 0 Å². The number of nitrogens with one attached hydrogen (secondary N) is 2. The van der Waals surface area contributed by atoms with Crippen molar-refractivity contribution in [3.8, 4) is 11.5 Å². The van der Waals surface area contributed by atoms with E-state index >= 15 is 0 Å². The molecular weight excluding hydrogens is 482 g/mol. The van der Waals surface area contributed by atoms with Gasteiger partial charge in [-0.1, -0.05) is 19.9 Å². The van der Waals surface area contributed by atoms with Crippen LogP contribution in [0, 0.1) is 5.92 Å². The van der Waals surface area contributed by atoms with Gasteiger partial charge in [-0.2, -0.15) is 4.72 Å². The van der Waals surface area contributed by atoms with E-state index in [0.717, 1.165) is 16.8 Å². The molecule has 0 saturated carbocycles. The number of ether oxygens (including phenoxy) is 2. The number of fused-ring (bicyclic) bond motifs is 1. The van der Waals surface area contributed by atoms with Gasteiger partial charge in [0.05, 0.1) is 19.1 Å². The van der Waals surface area contributed by atoms with Crippen molar-refractivity contribution in [2.45, 2.75) is 51.0 Å². The lowest BCUT2D eigenvalue weighted by molar-refractivity contribution is -0.123. The van der Waals surface area contributed by atoms with Crippen molar-refractivity contribution in [2.24, 2.45) is 5.92 Å². The van der Waals surface area contributed by atoms with Crippen LogP contribution in [-0.4, -0.2) is 53.6 Å². The highest BCUT2D eigenvalue weighted by Gasteiger charge is 2.29. The zero-order chi connectivity index (χ0) is 26.5. The van der Waals surface area contributed by atoms with E-state index < -0.39 is 16.1 Å². The minimum atomic E-state index is -3.95. The van der Waals surface area contributed by atoms with Gasteiger partial charge in [-0.05, 0) is 66.6 Å². The summed E-state index contributed by atoms with van der Waals surface area (Å²) in [6.45, 7) is 6.22. The second-order valence-corrected chi connectivity index (χ2v) is 11.0. The number of benzene rings is 2. The third-order valence-electron chi connectivity index (χ3n) is 6.12. The van der Waals surface area contributed by atoms with Crippen LogP contribution in [-0.2, 0) is 32.5 Å². The zero-order valence-electron chi connectivity index (χ0n) is 21.5. The van der Waals surface area contributed by atoms with Gasteiger partial charge in [-0.3, -0.25) is 9.59 Å². The van der Waals surface area contributed by atoms with E-state index in [1.165, 1.54) is 13.0 Å². The fraction of sp³-hybridized carbons (Fsp3) is 0.462. The quantitative estimate of drug-likeness (QED) is 0.474. The average Bonchev–Trinajstić information content (AvgIpc) is 3.26. The Morgan fingerprint density at radius 3 is 2.42 bits per heavy atom. The molecule has 0 fully saturated rings. The Balaban J connectivity index is 1.68. The summed E-state index contributed by atoms with van der Waals surface area (Å²) in [7, 11) is -0.820. The Labute approximate surface area is 213 Å². The minimum absolute atomic E-state index is 0.0794. The monoisotopic (exact) mass is 517 g/mol. The molecule has 2 aromatic rings. The van der Waals surface area contributed by atoms with Gasteiger partial charge < -0.3 is 19.7 Å². The highest BCUT2D eigenvalue weighted by Crippen LogP contribution is 2.30. The van der Waals surface area contributed by atoms with Crippen molar-refractivity contribution in [3.63, 3.8) is 0 Å².